The van der Waals surface area contributed by atoms with Gasteiger partial charge in [-0.3, -0.25) is 0 Å². The Morgan fingerprint density at radius 1 is 0.682 bits per heavy atom. The van der Waals surface area contributed by atoms with Crippen LogP contribution in [0.15, 0.2) is 11.6 Å². The second-order valence-corrected chi connectivity index (χ2v) is 9.15. The van der Waals surface area contributed by atoms with E-state index < -0.39 is 0 Å². The van der Waals surface area contributed by atoms with Crippen molar-refractivity contribution in [3.8, 4) is 0 Å². The molecule has 3 aliphatic carbocycles. The first-order chi connectivity index (χ1) is 10.7. The zero-order valence-electron chi connectivity index (χ0n) is 15.2. The van der Waals surface area contributed by atoms with E-state index in [9.17, 15) is 0 Å². The molecule has 0 bridgehead atoms. The van der Waals surface area contributed by atoms with Gasteiger partial charge in [0, 0.05) is 0 Å². The molecule has 0 aromatic heterocycles. The summed E-state index contributed by atoms with van der Waals surface area (Å²) < 4.78 is 0. The van der Waals surface area contributed by atoms with Crippen LogP contribution in [0.25, 0.3) is 0 Å². The van der Waals surface area contributed by atoms with Crippen molar-refractivity contribution in [3.05, 3.63) is 11.6 Å². The van der Waals surface area contributed by atoms with Gasteiger partial charge in [-0.05, 0) is 74.5 Å². The third kappa shape index (κ3) is 4.87. The van der Waals surface area contributed by atoms with Crippen LogP contribution in [-0.4, -0.2) is 0 Å². The van der Waals surface area contributed by atoms with Crippen LogP contribution < -0.4 is 0 Å². The Kier molecular flexibility index (Phi) is 6.05. The molecule has 0 N–H and O–H groups in total. The summed E-state index contributed by atoms with van der Waals surface area (Å²) in [5.41, 5.74) is 1.83. The summed E-state index contributed by atoms with van der Waals surface area (Å²) in [6.45, 7) is 4.88. The Morgan fingerprint density at radius 2 is 1.18 bits per heavy atom. The van der Waals surface area contributed by atoms with Crippen LogP contribution in [0.1, 0.15) is 97.3 Å². The van der Waals surface area contributed by atoms with Crippen LogP contribution in [0.5, 0.6) is 0 Å². The summed E-state index contributed by atoms with van der Waals surface area (Å²) in [4.78, 5) is 0. The number of allylic oxidation sites excluding steroid dienone is 2. The van der Waals surface area contributed by atoms with E-state index >= 15 is 0 Å². The quantitative estimate of drug-likeness (QED) is 0.486. The first-order valence-electron chi connectivity index (χ1n) is 10.4. The first-order valence-corrected chi connectivity index (χ1v) is 10.4. The van der Waals surface area contributed by atoms with Crippen LogP contribution in [-0.2, 0) is 0 Å². The molecule has 0 heteroatoms. The number of hydrogen-bond donors (Lipinski definition) is 0. The van der Waals surface area contributed by atoms with Crippen molar-refractivity contribution in [1.82, 2.24) is 0 Å². The predicted octanol–water partition coefficient (Wildman–Crippen LogP) is 7.15. The number of hydrogen-bond acceptors (Lipinski definition) is 0. The molecule has 0 atom stereocenters. The van der Waals surface area contributed by atoms with Gasteiger partial charge in [0.1, 0.15) is 0 Å². The zero-order valence-corrected chi connectivity index (χ0v) is 15.2. The van der Waals surface area contributed by atoms with Crippen molar-refractivity contribution >= 4 is 0 Å². The van der Waals surface area contributed by atoms with E-state index in [2.05, 4.69) is 19.9 Å². The third-order valence-corrected chi connectivity index (χ3v) is 7.08. The minimum absolute atomic E-state index is 0.933. The van der Waals surface area contributed by atoms with Gasteiger partial charge in [-0.2, -0.15) is 0 Å². The fourth-order valence-corrected chi connectivity index (χ4v) is 5.27. The lowest BCUT2D eigenvalue weighted by molar-refractivity contribution is 0.227. The SMILES string of the molecule is CC1CCC(C=C2CCC(CC3CCC(C)CC3)CC2)CC1. The fraction of sp³-hybridized carbons (Fsp3) is 0.909. The summed E-state index contributed by atoms with van der Waals surface area (Å²) >= 11 is 0. The highest BCUT2D eigenvalue weighted by Crippen LogP contribution is 2.39. The Labute approximate surface area is 139 Å². The van der Waals surface area contributed by atoms with Gasteiger partial charge >= 0.3 is 0 Å². The van der Waals surface area contributed by atoms with Gasteiger partial charge in [-0.15, -0.1) is 0 Å². The molecule has 0 saturated heterocycles. The van der Waals surface area contributed by atoms with Gasteiger partial charge in [-0.1, -0.05) is 64.0 Å². The standard InChI is InChI=1S/C22H38/c1-17-3-7-19(8-4-17)15-21-11-13-22(14-12-21)16-20-9-5-18(2)6-10-20/h15,17-20,22H,3-14,16H2,1-2H3. The molecule has 3 saturated carbocycles. The molecular formula is C22H38. The molecule has 3 rings (SSSR count). The fourth-order valence-electron chi connectivity index (χ4n) is 5.27. The molecule has 3 fully saturated rings. The Hall–Kier alpha value is -0.260. The summed E-state index contributed by atoms with van der Waals surface area (Å²) in [7, 11) is 0. The second kappa shape index (κ2) is 8.02. The van der Waals surface area contributed by atoms with Crippen molar-refractivity contribution in [2.45, 2.75) is 97.3 Å². The van der Waals surface area contributed by atoms with Crippen LogP contribution in [0.2, 0.25) is 0 Å². The van der Waals surface area contributed by atoms with E-state index in [1.165, 1.54) is 77.0 Å². The molecule has 126 valence electrons. The van der Waals surface area contributed by atoms with E-state index in [-0.39, 0.29) is 0 Å². The van der Waals surface area contributed by atoms with Crippen LogP contribution in [0.3, 0.4) is 0 Å². The van der Waals surface area contributed by atoms with Crippen molar-refractivity contribution in [2.75, 3.05) is 0 Å². The maximum atomic E-state index is 2.71. The molecule has 0 aromatic carbocycles. The van der Waals surface area contributed by atoms with Gasteiger partial charge in [0.25, 0.3) is 0 Å². The molecule has 0 unspecified atom stereocenters. The van der Waals surface area contributed by atoms with Crippen molar-refractivity contribution < 1.29 is 0 Å². The topological polar surface area (TPSA) is 0 Å². The average Bonchev–Trinajstić information content (AvgIpc) is 2.54. The maximum absolute atomic E-state index is 2.71. The molecule has 0 amide bonds. The summed E-state index contributed by atoms with van der Waals surface area (Å²) in [5.74, 6) is 5.06. The van der Waals surface area contributed by atoms with Crippen LogP contribution in [0.4, 0.5) is 0 Å². The lowest BCUT2D eigenvalue weighted by Gasteiger charge is -2.32. The van der Waals surface area contributed by atoms with Gasteiger partial charge in [0.15, 0.2) is 0 Å². The Morgan fingerprint density at radius 3 is 1.77 bits per heavy atom. The molecule has 3 aliphatic rings. The molecule has 22 heavy (non-hydrogen) atoms. The van der Waals surface area contributed by atoms with E-state index in [0.29, 0.717) is 0 Å². The highest BCUT2D eigenvalue weighted by atomic mass is 14.3. The highest BCUT2D eigenvalue weighted by Gasteiger charge is 2.24. The number of rotatable bonds is 3. The lowest BCUT2D eigenvalue weighted by atomic mass is 9.74. The lowest BCUT2D eigenvalue weighted by Crippen LogP contribution is -2.18. The zero-order chi connectivity index (χ0) is 15.4. The molecule has 0 aromatic rings. The average molecular weight is 303 g/mol. The Balaban J connectivity index is 1.38. The van der Waals surface area contributed by atoms with Gasteiger partial charge in [0.2, 0.25) is 0 Å². The van der Waals surface area contributed by atoms with E-state index in [1.54, 1.807) is 6.42 Å². The molecule has 0 spiro atoms. The second-order valence-electron chi connectivity index (χ2n) is 9.15. The summed E-state index contributed by atoms with van der Waals surface area (Å²) in [5, 5.41) is 0. The van der Waals surface area contributed by atoms with Crippen LogP contribution >= 0.6 is 0 Å². The maximum Gasteiger partial charge on any atom is -0.0231 e. The molecule has 0 nitrogen and oxygen atoms in total. The molecular weight excluding hydrogens is 264 g/mol. The Bertz CT molecular complexity index is 340. The van der Waals surface area contributed by atoms with Crippen molar-refractivity contribution in [1.29, 1.82) is 0 Å². The van der Waals surface area contributed by atoms with Gasteiger partial charge in [-0.25, -0.2) is 0 Å². The molecule has 0 heterocycles. The first kappa shape index (κ1) is 16.6. The van der Waals surface area contributed by atoms with Gasteiger partial charge in [0.05, 0.1) is 0 Å². The van der Waals surface area contributed by atoms with E-state index in [4.69, 9.17) is 0 Å². The van der Waals surface area contributed by atoms with Gasteiger partial charge < -0.3 is 0 Å². The van der Waals surface area contributed by atoms with E-state index in [1.807, 2.05) is 5.57 Å². The van der Waals surface area contributed by atoms with Crippen molar-refractivity contribution in [2.24, 2.45) is 29.6 Å². The highest BCUT2D eigenvalue weighted by molar-refractivity contribution is 5.08. The van der Waals surface area contributed by atoms with Crippen LogP contribution in [0, 0.1) is 29.6 Å². The predicted molar refractivity (Wildman–Crippen MR) is 96.9 cm³/mol. The normalized spacial score (nSPS) is 40.5. The summed E-state index contributed by atoms with van der Waals surface area (Å²) in [6.07, 6.45) is 22.1. The van der Waals surface area contributed by atoms with E-state index in [0.717, 1.165) is 29.6 Å². The smallest absolute Gasteiger partial charge is 0.0231 e. The largest absolute Gasteiger partial charge is 0.0822 e. The summed E-state index contributed by atoms with van der Waals surface area (Å²) in [6, 6.07) is 0. The molecule has 0 aliphatic heterocycles. The minimum Gasteiger partial charge on any atom is -0.0822 e. The monoisotopic (exact) mass is 302 g/mol. The van der Waals surface area contributed by atoms with Crippen molar-refractivity contribution in [3.63, 3.8) is 0 Å². The molecule has 0 radical (unpaired) electrons. The third-order valence-electron chi connectivity index (χ3n) is 7.08. The minimum atomic E-state index is 0.933.